The van der Waals surface area contributed by atoms with E-state index >= 15 is 0 Å². The highest BCUT2D eigenvalue weighted by atomic mass is 16.6. The molecule has 25 heavy (non-hydrogen) atoms. The maximum Gasteiger partial charge on any atom is 0.339 e. The van der Waals surface area contributed by atoms with Crippen LogP contribution in [0.15, 0.2) is 24.3 Å². The number of ether oxygens (including phenoxy) is 3. The molecule has 8 heteroatoms. The molecule has 1 N–H and O–H groups in total. The first-order chi connectivity index (χ1) is 11.7. The lowest BCUT2D eigenvalue weighted by atomic mass is 9.79. The Bertz CT molecular complexity index is 664. The van der Waals surface area contributed by atoms with Crippen molar-refractivity contribution in [3.05, 3.63) is 35.4 Å². The Morgan fingerprint density at radius 1 is 1.00 bits per heavy atom. The van der Waals surface area contributed by atoms with E-state index in [0.29, 0.717) is 0 Å². The van der Waals surface area contributed by atoms with Crippen LogP contribution in [0.2, 0.25) is 0 Å². The molecule has 0 aliphatic carbocycles. The molecule has 0 amide bonds. The van der Waals surface area contributed by atoms with Crippen LogP contribution in [-0.4, -0.2) is 55.7 Å². The van der Waals surface area contributed by atoms with E-state index in [0.717, 1.165) is 26.9 Å². The van der Waals surface area contributed by atoms with Gasteiger partial charge in [0.05, 0.1) is 27.8 Å². The molecule has 0 fully saturated rings. The third-order valence-corrected chi connectivity index (χ3v) is 3.69. The Morgan fingerprint density at radius 3 is 2.00 bits per heavy atom. The molecule has 1 aromatic carbocycles. The van der Waals surface area contributed by atoms with Crippen LogP contribution in [0.3, 0.4) is 0 Å². The lowest BCUT2D eigenvalue weighted by Gasteiger charge is -2.30. The maximum absolute atomic E-state index is 12.8. The van der Waals surface area contributed by atoms with E-state index in [2.05, 4.69) is 14.2 Å². The first-order valence-corrected chi connectivity index (χ1v) is 7.27. The van der Waals surface area contributed by atoms with Crippen molar-refractivity contribution in [1.82, 2.24) is 0 Å². The molecule has 0 saturated carbocycles. The number of esters is 3. The highest BCUT2D eigenvalue weighted by Crippen LogP contribution is 2.29. The number of carbonyl (C=O) groups excluding carboxylic acids is 4. The number of ketones is 1. The van der Waals surface area contributed by atoms with Gasteiger partial charge >= 0.3 is 17.9 Å². The highest BCUT2D eigenvalue weighted by Gasteiger charge is 2.55. The van der Waals surface area contributed by atoms with Gasteiger partial charge in [0.25, 0.3) is 0 Å². The predicted octanol–water partition coefficient (Wildman–Crippen LogP) is 0.434. The van der Waals surface area contributed by atoms with Gasteiger partial charge in [0.2, 0.25) is 0 Å². The van der Waals surface area contributed by atoms with E-state index < -0.39 is 41.6 Å². The van der Waals surface area contributed by atoms with E-state index in [4.69, 9.17) is 0 Å². The quantitative estimate of drug-likeness (QED) is 0.325. The van der Waals surface area contributed by atoms with Gasteiger partial charge < -0.3 is 19.3 Å². The first kappa shape index (κ1) is 20.3. The molecule has 2 unspecified atom stereocenters. The van der Waals surface area contributed by atoms with E-state index in [9.17, 15) is 24.3 Å². The second kappa shape index (κ2) is 8.39. The normalized spacial score (nSPS) is 14.0. The summed E-state index contributed by atoms with van der Waals surface area (Å²) >= 11 is 0. The summed E-state index contributed by atoms with van der Waals surface area (Å²) in [7, 11) is 2.98. The highest BCUT2D eigenvalue weighted by molar-refractivity contribution is 6.13. The molecule has 8 nitrogen and oxygen atoms in total. The molecule has 0 radical (unpaired) electrons. The molecule has 0 aliphatic rings. The maximum atomic E-state index is 12.8. The predicted molar refractivity (Wildman–Crippen MR) is 84.6 cm³/mol. The summed E-state index contributed by atoms with van der Waals surface area (Å²) in [6.07, 6.45) is -0.951. The zero-order valence-corrected chi connectivity index (χ0v) is 14.4. The van der Waals surface area contributed by atoms with Crippen LogP contribution in [0.1, 0.15) is 22.3 Å². The van der Waals surface area contributed by atoms with Gasteiger partial charge in [0.15, 0.2) is 17.3 Å². The van der Waals surface area contributed by atoms with E-state index in [1.54, 1.807) is 19.1 Å². The monoisotopic (exact) mass is 352 g/mol. The lowest BCUT2D eigenvalue weighted by Crippen LogP contribution is -2.55. The van der Waals surface area contributed by atoms with Crippen LogP contribution in [-0.2, 0) is 28.6 Å². The molecule has 0 aromatic heterocycles. The minimum atomic E-state index is -2.77. The fraction of sp³-hybridized carbons (Fsp3) is 0.412. The topological polar surface area (TPSA) is 116 Å². The summed E-state index contributed by atoms with van der Waals surface area (Å²) in [5.74, 6) is -6.38. The molecule has 0 spiro atoms. The zero-order valence-electron chi connectivity index (χ0n) is 14.4. The second-order valence-corrected chi connectivity index (χ2v) is 5.36. The van der Waals surface area contributed by atoms with E-state index in [1.807, 2.05) is 0 Å². The summed E-state index contributed by atoms with van der Waals surface area (Å²) in [5.41, 5.74) is -1.84. The molecule has 1 rings (SSSR count). The summed E-state index contributed by atoms with van der Waals surface area (Å²) in [6.45, 7) is 1.80. The van der Waals surface area contributed by atoms with Gasteiger partial charge in [-0.2, -0.15) is 0 Å². The van der Waals surface area contributed by atoms with Crippen LogP contribution in [0.5, 0.6) is 0 Å². The number of rotatable bonds is 7. The zero-order chi connectivity index (χ0) is 19.2. The molecule has 0 bridgehead atoms. The molecule has 1 aromatic rings. The third-order valence-electron chi connectivity index (χ3n) is 3.69. The number of hydrogen-bond donors (Lipinski definition) is 1. The molecule has 0 saturated heterocycles. The van der Waals surface area contributed by atoms with Crippen molar-refractivity contribution < 1.29 is 38.5 Å². The van der Waals surface area contributed by atoms with Gasteiger partial charge in [-0.05, 0) is 6.92 Å². The molecular formula is C17H20O8. The van der Waals surface area contributed by atoms with Gasteiger partial charge in [-0.15, -0.1) is 0 Å². The van der Waals surface area contributed by atoms with E-state index in [-0.39, 0.29) is 5.56 Å². The van der Waals surface area contributed by atoms with Crippen molar-refractivity contribution in [2.75, 3.05) is 21.3 Å². The number of carbonyl (C=O) groups is 4. The molecule has 0 aliphatic heterocycles. The van der Waals surface area contributed by atoms with Gasteiger partial charge in [-0.3, -0.25) is 14.4 Å². The Morgan fingerprint density at radius 2 is 1.56 bits per heavy atom. The SMILES string of the molecule is COC(=O)CC(O)(C(=O)OC)C(C(=O)OC)C(=O)c1ccc(C)cc1. The number of Topliss-reactive ketones (excluding diaryl/α,β-unsaturated/α-hetero) is 1. The minimum absolute atomic E-state index is 0.0631. The Kier molecular flexibility index (Phi) is 6.81. The Labute approximate surface area is 144 Å². The fourth-order valence-corrected chi connectivity index (χ4v) is 2.28. The summed E-state index contributed by atoms with van der Waals surface area (Å²) in [5, 5.41) is 10.7. The summed E-state index contributed by atoms with van der Waals surface area (Å²) < 4.78 is 13.5. The third kappa shape index (κ3) is 4.42. The molecule has 0 heterocycles. The van der Waals surface area contributed by atoms with Gasteiger partial charge in [-0.1, -0.05) is 29.8 Å². The van der Waals surface area contributed by atoms with Crippen LogP contribution >= 0.6 is 0 Å². The van der Waals surface area contributed by atoms with E-state index in [1.165, 1.54) is 12.1 Å². The van der Waals surface area contributed by atoms with Crippen molar-refractivity contribution in [2.24, 2.45) is 5.92 Å². The Balaban J connectivity index is 3.44. The fourth-order valence-electron chi connectivity index (χ4n) is 2.28. The van der Waals surface area contributed by atoms with Gasteiger partial charge in [0, 0.05) is 5.56 Å². The average Bonchev–Trinajstić information content (AvgIpc) is 2.60. The molecule has 136 valence electrons. The lowest BCUT2D eigenvalue weighted by molar-refractivity contribution is -0.179. The van der Waals surface area contributed by atoms with Crippen molar-refractivity contribution in [3.63, 3.8) is 0 Å². The number of aryl methyl sites for hydroxylation is 1. The number of methoxy groups -OCH3 is 3. The van der Waals surface area contributed by atoms with Crippen molar-refractivity contribution >= 4 is 23.7 Å². The number of aliphatic hydroxyl groups is 1. The standard InChI is InChI=1S/C17H20O8/c1-10-5-7-11(8-6-10)14(19)13(15(20)24-3)17(22,16(21)25-4)9-12(18)23-2/h5-8,13,22H,9H2,1-4H3. The molecule has 2 atom stereocenters. The van der Waals surface area contributed by atoms with Crippen LogP contribution in [0, 0.1) is 12.8 Å². The van der Waals surface area contributed by atoms with Gasteiger partial charge in [0.1, 0.15) is 0 Å². The molecular weight excluding hydrogens is 332 g/mol. The van der Waals surface area contributed by atoms with Crippen LogP contribution in [0.4, 0.5) is 0 Å². The van der Waals surface area contributed by atoms with Gasteiger partial charge in [-0.25, -0.2) is 4.79 Å². The first-order valence-electron chi connectivity index (χ1n) is 7.27. The number of hydrogen-bond acceptors (Lipinski definition) is 8. The van der Waals surface area contributed by atoms with Crippen LogP contribution in [0.25, 0.3) is 0 Å². The smallest absolute Gasteiger partial charge is 0.339 e. The summed E-state index contributed by atoms with van der Waals surface area (Å²) in [4.78, 5) is 48.7. The largest absolute Gasteiger partial charge is 0.469 e. The van der Waals surface area contributed by atoms with Crippen molar-refractivity contribution in [2.45, 2.75) is 18.9 Å². The average molecular weight is 352 g/mol. The summed E-state index contributed by atoms with van der Waals surface area (Å²) in [6, 6.07) is 6.12. The second-order valence-electron chi connectivity index (χ2n) is 5.36. The minimum Gasteiger partial charge on any atom is -0.469 e. The van der Waals surface area contributed by atoms with Crippen molar-refractivity contribution in [3.8, 4) is 0 Å². The number of benzene rings is 1. The van der Waals surface area contributed by atoms with Crippen molar-refractivity contribution in [1.29, 1.82) is 0 Å². The Hall–Kier alpha value is -2.74. The van der Waals surface area contributed by atoms with Crippen LogP contribution < -0.4 is 0 Å².